The quantitative estimate of drug-likeness (QED) is 0.852. The second-order valence-corrected chi connectivity index (χ2v) is 7.87. The average Bonchev–Trinajstić information content (AvgIpc) is 2.85. The van der Waals surface area contributed by atoms with Gasteiger partial charge in [-0.15, -0.1) is 0 Å². The van der Waals surface area contributed by atoms with Crippen LogP contribution in [0.2, 0.25) is 0 Å². The molecule has 1 amide bonds. The second kappa shape index (κ2) is 8.70. The molecule has 2 aliphatic rings. The fourth-order valence-corrected chi connectivity index (χ4v) is 4.20. The SMILES string of the molecule is Cc1ccc(N2CCN(CC(=O)NC3CCCCCC3)C[C@H]2C)cc1. The highest BCUT2D eigenvalue weighted by Gasteiger charge is 2.25. The number of anilines is 1. The van der Waals surface area contributed by atoms with Gasteiger partial charge in [0.25, 0.3) is 0 Å². The number of piperazine rings is 1. The minimum atomic E-state index is 0.211. The first-order valence-electron chi connectivity index (χ1n) is 9.97. The number of carbonyl (C=O) groups excluding carboxylic acids is 1. The maximum absolute atomic E-state index is 12.4. The van der Waals surface area contributed by atoms with Gasteiger partial charge in [0, 0.05) is 37.4 Å². The minimum Gasteiger partial charge on any atom is -0.366 e. The lowest BCUT2D eigenvalue weighted by Gasteiger charge is -2.41. The van der Waals surface area contributed by atoms with E-state index in [4.69, 9.17) is 0 Å². The second-order valence-electron chi connectivity index (χ2n) is 7.87. The van der Waals surface area contributed by atoms with E-state index in [0.29, 0.717) is 18.6 Å². The fourth-order valence-electron chi connectivity index (χ4n) is 4.20. The van der Waals surface area contributed by atoms with Gasteiger partial charge in [0.2, 0.25) is 5.91 Å². The number of carbonyl (C=O) groups is 1. The Morgan fingerprint density at radius 1 is 1.08 bits per heavy atom. The van der Waals surface area contributed by atoms with Crippen molar-refractivity contribution in [2.75, 3.05) is 31.1 Å². The molecule has 1 aliphatic carbocycles. The summed E-state index contributed by atoms with van der Waals surface area (Å²) in [5.41, 5.74) is 2.59. The molecule has 4 nitrogen and oxygen atoms in total. The molecule has 1 N–H and O–H groups in total. The lowest BCUT2D eigenvalue weighted by atomic mass is 10.1. The van der Waals surface area contributed by atoms with Gasteiger partial charge in [-0.2, -0.15) is 0 Å². The zero-order valence-corrected chi connectivity index (χ0v) is 15.8. The van der Waals surface area contributed by atoms with E-state index in [9.17, 15) is 4.79 Å². The van der Waals surface area contributed by atoms with Gasteiger partial charge >= 0.3 is 0 Å². The van der Waals surface area contributed by atoms with Crippen molar-refractivity contribution < 1.29 is 4.79 Å². The highest BCUT2D eigenvalue weighted by Crippen LogP contribution is 2.21. The van der Waals surface area contributed by atoms with E-state index in [1.54, 1.807) is 0 Å². The van der Waals surface area contributed by atoms with Crippen LogP contribution in [0, 0.1) is 6.92 Å². The fraction of sp³-hybridized carbons (Fsp3) is 0.667. The van der Waals surface area contributed by atoms with E-state index in [1.807, 2.05) is 0 Å². The van der Waals surface area contributed by atoms with Crippen molar-refractivity contribution in [2.24, 2.45) is 0 Å². The molecule has 0 aromatic heterocycles. The predicted molar refractivity (Wildman–Crippen MR) is 104 cm³/mol. The van der Waals surface area contributed by atoms with Crippen molar-refractivity contribution in [1.29, 1.82) is 0 Å². The number of amides is 1. The molecule has 25 heavy (non-hydrogen) atoms. The van der Waals surface area contributed by atoms with E-state index >= 15 is 0 Å². The highest BCUT2D eigenvalue weighted by molar-refractivity contribution is 5.78. The van der Waals surface area contributed by atoms with Crippen LogP contribution in [-0.4, -0.2) is 49.1 Å². The summed E-state index contributed by atoms with van der Waals surface area (Å²) in [4.78, 5) is 17.2. The maximum atomic E-state index is 12.4. The molecule has 1 saturated heterocycles. The molecule has 138 valence electrons. The van der Waals surface area contributed by atoms with Crippen LogP contribution in [-0.2, 0) is 4.79 Å². The van der Waals surface area contributed by atoms with Gasteiger partial charge in [-0.3, -0.25) is 9.69 Å². The number of rotatable bonds is 4. The zero-order chi connectivity index (χ0) is 17.6. The number of aryl methyl sites for hydroxylation is 1. The van der Waals surface area contributed by atoms with Crippen LogP contribution in [0.25, 0.3) is 0 Å². The van der Waals surface area contributed by atoms with Crippen LogP contribution in [0.3, 0.4) is 0 Å². The Labute approximate surface area is 152 Å². The Hall–Kier alpha value is -1.55. The van der Waals surface area contributed by atoms with Gasteiger partial charge in [0.15, 0.2) is 0 Å². The van der Waals surface area contributed by atoms with Gasteiger partial charge in [-0.25, -0.2) is 0 Å². The standard InChI is InChI=1S/C21H33N3O/c1-17-9-11-20(12-10-17)24-14-13-23(15-18(24)2)16-21(25)22-19-7-5-3-4-6-8-19/h9-12,18-19H,3-8,13-16H2,1-2H3,(H,22,25)/t18-/m1/s1. The highest BCUT2D eigenvalue weighted by atomic mass is 16.2. The van der Waals surface area contributed by atoms with Gasteiger partial charge < -0.3 is 10.2 Å². The van der Waals surface area contributed by atoms with Crippen molar-refractivity contribution in [3.05, 3.63) is 29.8 Å². The molecule has 1 heterocycles. The number of benzene rings is 1. The molecule has 0 bridgehead atoms. The Balaban J connectivity index is 1.47. The third-order valence-electron chi connectivity index (χ3n) is 5.66. The molecule has 0 radical (unpaired) electrons. The van der Waals surface area contributed by atoms with Gasteiger partial charge in [0.05, 0.1) is 6.54 Å². The van der Waals surface area contributed by atoms with E-state index < -0.39 is 0 Å². The molecular formula is C21H33N3O. The molecule has 0 unspecified atom stereocenters. The van der Waals surface area contributed by atoms with E-state index in [-0.39, 0.29) is 5.91 Å². The summed E-state index contributed by atoms with van der Waals surface area (Å²) in [5.74, 6) is 0.211. The molecule has 1 aromatic carbocycles. The zero-order valence-electron chi connectivity index (χ0n) is 15.8. The molecule has 4 heteroatoms. The Kier molecular flexibility index (Phi) is 6.35. The molecule has 0 spiro atoms. The Morgan fingerprint density at radius 2 is 1.76 bits per heavy atom. The average molecular weight is 344 g/mol. The molecule has 2 fully saturated rings. The first-order valence-corrected chi connectivity index (χ1v) is 9.97. The van der Waals surface area contributed by atoms with Crippen LogP contribution in [0.5, 0.6) is 0 Å². The Morgan fingerprint density at radius 3 is 2.40 bits per heavy atom. The molecule has 1 aliphatic heterocycles. The van der Waals surface area contributed by atoms with Crippen LogP contribution >= 0.6 is 0 Å². The van der Waals surface area contributed by atoms with Crippen LogP contribution < -0.4 is 10.2 Å². The van der Waals surface area contributed by atoms with Gasteiger partial charge in [-0.05, 0) is 38.8 Å². The number of nitrogens with zero attached hydrogens (tertiary/aromatic N) is 2. The summed E-state index contributed by atoms with van der Waals surface area (Å²) in [6.07, 6.45) is 7.48. The molecule has 1 saturated carbocycles. The van der Waals surface area contributed by atoms with Crippen molar-refractivity contribution in [3.8, 4) is 0 Å². The summed E-state index contributed by atoms with van der Waals surface area (Å²) in [6.45, 7) is 7.82. The minimum absolute atomic E-state index is 0.211. The van der Waals surface area contributed by atoms with Crippen LogP contribution in [0.1, 0.15) is 51.0 Å². The van der Waals surface area contributed by atoms with Crippen molar-refractivity contribution in [3.63, 3.8) is 0 Å². The Bertz CT molecular complexity index is 549. The largest absolute Gasteiger partial charge is 0.366 e. The topological polar surface area (TPSA) is 35.6 Å². The number of nitrogens with one attached hydrogen (secondary N) is 1. The van der Waals surface area contributed by atoms with Crippen LogP contribution in [0.15, 0.2) is 24.3 Å². The van der Waals surface area contributed by atoms with Crippen LogP contribution in [0.4, 0.5) is 5.69 Å². The van der Waals surface area contributed by atoms with Crippen molar-refractivity contribution in [1.82, 2.24) is 10.2 Å². The van der Waals surface area contributed by atoms with Crippen molar-refractivity contribution >= 4 is 11.6 Å². The first-order chi connectivity index (χ1) is 12.1. The lowest BCUT2D eigenvalue weighted by molar-refractivity contribution is -0.123. The van der Waals surface area contributed by atoms with E-state index in [0.717, 1.165) is 32.5 Å². The normalized spacial score (nSPS) is 23.3. The summed E-state index contributed by atoms with van der Waals surface area (Å²) in [6, 6.07) is 9.60. The third-order valence-corrected chi connectivity index (χ3v) is 5.66. The molecule has 1 atom stereocenters. The smallest absolute Gasteiger partial charge is 0.234 e. The third kappa shape index (κ3) is 5.21. The molecule has 3 rings (SSSR count). The van der Waals surface area contributed by atoms with E-state index in [1.165, 1.54) is 36.9 Å². The number of hydrogen-bond donors (Lipinski definition) is 1. The predicted octanol–water partition coefficient (Wildman–Crippen LogP) is 3.34. The summed E-state index contributed by atoms with van der Waals surface area (Å²) in [5, 5.41) is 3.28. The lowest BCUT2D eigenvalue weighted by Crippen LogP contribution is -2.54. The maximum Gasteiger partial charge on any atom is 0.234 e. The molecule has 1 aromatic rings. The summed E-state index contributed by atoms with van der Waals surface area (Å²) < 4.78 is 0. The summed E-state index contributed by atoms with van der Waals surface area (Å²) >= 11 is 0. The first kappa shape index (κ1) is 18.2. The van der Waals surface area contributed by atoms with Gasteiger partial charge in [0.1, 0.15) is 0 Å². The monoisotopic (exact) mass is 343 g/mol. The number of hydrogen-bond acceptors (Lipinski definition) is 3. The summed E-state index contributed by atoms with van der Waals surface area (Å²) in [7, 11) is 0. The van der Waals surface area contributed by atoms with E-state index in [2.05, 4.69) is 53.2 Å². The van der Waals surface area contributed by atoms with Gasteiger partial charge in [-0.1, -0.05) is 43.4 Å². The molecular weight excluding hydrogens is 310 g/mol. The van der Waals surface area contributed by atoms with Crippen molar-refractivity contribution in [2.45, 2.75) is 64.5 Å².